The lowest BCUT2D eigenvalue weighted by molar-refractivity contribution is 0.0378. The van der Waals surface area contributed by atoms with Gasteiger partial charge >= 0.3 is 5.97 Å². The molecule has 0 unspecified atom stereocenters. The van der Waals surface area contributed by atoms with Crippen molar-refractivity contribution in [2.75, 3.05) is 0 Å². The number of para-hydroxylation sites is 1. The molecule has 0 aliphatic carbocycles. The van der Waals surface area contributed by atoms with Crippen molar-refractivity contribution in [3.8, 4) is 0 Å². The number of carbonyl (C=O) groups excluding carboxylic acids is 1. The van der Waals surface area contributed by atoms with Crippen molar-refractivity contribution in [3.05, 3.63) is 45.7 Å². The van der Waals surface area contributed by atoms with Gasteiger partial charge in [-0.25, -0.2) is 4.79 Å². The van der Waals surface area contributed by atoms with Crippen LogP contribution in [0.1, 0.15) is 49.5 Å². The van der Waals surface area contributed by atoms with Gasteiger partial charge in [0.15, 0.2) is 0 Å². The smallest absolute Gasteiger partial charge is 0.339 e. The van der Waals surface area contributed by atoms with E-state index in [9.17, 15) is 9.59 Å². The summed E-state index contributed by atoms with van der Waals surface area (Å²) in [5, 5.41) is 0.724. The monoisotopic (exact) mass is 273 g/mol. The third-order valence-electron chi connectivity index (χ3n) is 3.08. The van der Waals surface area contributed by atoms with Gasteiger partial charge in [0, 0.05) is 16.5 Å². The topological polar surface area (TPSA) is 59.2 Å². The fourth-order valence-electron chi connectivity index (χ4n) is 2.30. The molecule has 0 radical (unpaired) electrons. The number of H-pyrrole nitrogens is 1. The van der Waals surface area contributed by atoms with Gasteiger partial charge in [-0.15, -0.1) is 0 Å². The summed E-state index contributed by atoms with van der Waals surface area (Å²) in [5.41, 5.74) is 1.29. The molecule has 1 aromatic carbocycles. The molecule has 1 aromatic heterocycles. The molecule has 1 heterocycles. The van der Waals surface area contributed by atoms with Crippen LogP contribution in [-0.4, -0.2) is 17.1 Å². The fourth-order valence-corrected chi connectivity index (χ4v) is 2.30. The van der Waals surface area contributed by atoms with E-state index >= 15 is 0 Å². The molecular formula is C16H19NO3. The number of rotatable bonds is 3. The Labute approximate surface area is 117 Å². The number of nitrogens with one attached hydrogen (secondary N) is 1. The number of hydrogen-bond donors (Lipinski definition) is 1. The molecule has 0 saturated heterocycles. The molecule has 0 spiro atoms. The Hall–Kier alpha value is -2.10. The SMILES string of the molecule is CC(C)OC(=O)c1c(C(C)C)c(=O)[nH]c2ccccc12. The molecule has 106 valence electrons. The number of aromatic nitrogens is 1. The Balaban J connectivity index is 2.79. The zero-order valence-electron chi connectivity index (χ0n) is 12.2. The summed E-state index contributed by atoms with van der Waals surface area (Å²) in [6.45, 7) is 7.38. The molecule has 0 bridgehead atoms. The third kappa shape index (κ3) is 2.59. The highest BCUT2D eigenvalue weighted by Gasteiger charge is 2.22. The zero-order valence-corrected chi connectivity index (χ0v) is 12.2. The van der Waals surface area contributed by atoms with E-state index in [1.54, 1.807) is 19.9 Å². The minimum absolute atomic E-state index is 0.0573. The fraction of sp³-hybridized carbons (Fsp3) is 0.375. The molecule has 0 amide bonds. The lowest BCUT2D eigenvalue weighted by Crippen LogP contribution is -2.22. The largest absolute Gasteiger partial charge is 0.459 e. The van der Waals surface area contributed by atoms with E-state index in [1.807, 2.05) is 32.0 Å². The minimum Gasteiger partial charge on any atom is -0.459 e. The van der Waals surface area contributed by atoms with Crippen molar-refractivity contribution < 1.29 is 9.53 Å². The van der Waals surface area contributed by atoms with Crippen LogP contribution >= 0.6 is 0 Å². The molecule has 0 aliphatic rings. The summed E-state index contributed by atoms with van der Waals surface area (Å²) < 4.78 is 5.30. The van der Waals surface area contributed by atoms with E-state index in [0.717, 1.165) is 5.39 Å². The molecule has 0 aliphatic heterocycles. The maximum Gasteiger partial charge on any atom is 0.339 e. The van der Waals surface area contributed by atoms with E-state index in [-0.39, 0.29) is 17.6 Å². The first kappa shape index (κ1) is 14.3. The molecule has 2 aromatic rings. The quantitative estimate of drug-likeness (QED) is 0.873. The molecule has 0 saturated carbocycles. The van der Waals surface area contributed by atoms with Crippen molar-refractivity contribution in [2.24, 2.45) is 0 Å². The van der Waals surface area contributed by atoms with Crippen LogP contribution in [0, 0.1) is 0 Å². The molecule has 20 heavy (non-hydrogen) atoms. The van der Waals surface area contributed by atoms with Crippen LogP contribution in [0.3, 0.4) is 0 Å². The van der Waals surface area contributed by atoms with Gasteiger partial charge < -0.3 is 9.72 Å². The summed E-state index contributed by atoms with van der Waals surface area (Å²) in [6, 6.07) is 7.28. The van der Waals surface area contributed by atoms with Crippen LogP contribution < -0.4 is 5.56 Å². The number of aromatic amines is 1. The number of pyridine rings is 1. The lowest BCUT2D eigenvalue weighted by atomic mass is 9.95. The van der Waals surface area contributed by atoms with Crippen molar-refractivity contribution in [2.45, 2.75) is 39.7 Å². The Morgan fingerprint density at radius 1 is 1.15 bits per heavy atom. The predicted molar refractivity (Wildman–Crippen MR) is 79.2 cm³/mol. The first-order valence-electron chi connectivity index (χ1n) is 6.77. The number of carbonyl (C=O) groups is 1. The van der Waals surface area contributed by atoms with Gasteiger partial charge in [-0.2, -0.15) is 0 Å². The standard InChI is InChI=1S/C16H19NO3/c1-9(2)13-14(16(19)20-10(3)4)11-7-5-6-8-12(11)17-15(13)18/h5-10H,1-4H3,(H,17,18). The van der Waals surface area contributed by atoms with Gasteiger partial charge in [0.1, 0.15) is 0 Å². The average molecular weight is 273 g/mol. The summed E-state index contributed by atoms with van der Waals surface area (Å²) in [6.07, 6.45) is -0.222. The molecule has 4 heteroatoms. The average Bonchev–Trinajstić information content (AvgIpc) is 2.35. The number of ether oxygens (including phenoxy) is 1. The van der Waals surface area contributed by atoms with E-state index in [4.69, 9.17) is 4.74 Å². The van der Waals surface area contributed by atoms with Gasteiger partial charge in [-0.1, -0.05) is 32.0 Å². The maximum absolute atomic E-state index is 12.4. The van der Waals surface area contributed by atoms with Crippen molar-refractivity contribution in [3.63, 3.8) is 0 Å². The highest BCUT2D eigenvalue weighted by Crippen LogP contribution is 2.24. The number of benzene rings is 1. The number of esters is 1. The first-order valence-corrected chi connectivity index (χ1v) is 6.77. The predicted octanol–water partition coefficient (Wildman–Crippen LogP) is 3.22. The normalized spacial score (nSPS) is 11.3. The van der Waals surface area contributed by atoms with Crippen LogP contribution in [0.5, 0.6) is 0 Å². The van der Waals surface area contributed by atoms with Crippen LogP contribution in [0.25, 0.3) is 10.9 Å². The lowest BCUT2D eigenvalue weighted by Gasteiger charge is -2.15. The summed E-state index contributed by atoms with van der Waals surface area (Å²) in [4.78, 5) is 27.4. The van der Waals surface area contributed by atoms with Crippen molar-refractivity contribution in [1.82, 2.24) is 4.98 Å². The maximum atomic E-state index is 12.4. The van der Waals surface area contributed by atoms with E-state index in [0.29, 0.717) is 16.6 Å². The van der Waals surface area contributed by atoms with Gasteiger partial charge in [0.2, 0.25) is 0 Å². The molecule has 0 fully saturated rings. The van der Waals surface area contributed by atoms with Crippen LogP contribution in [0.15, 0.2) is 29.1 Å². The second-order valence-electron chi connectivity index (χ2n) is 5.40. The van der Waals surface area contributed by atoms with E-state index in [2.05, 4.69) is 4.98 Å². The summed E-state index contributed by atoms with van der Waals surface area (Å²) in [7, 11) is 0. The third-order valence-corrected chi connectivity index (χ3v) is 3.08. The van der Waals surface area contributed by atoms with Crippen molar-refractivity contribution >= 4 is 16.9 Å². The van der Waals surface area contributed by atoms with Crippen molar-refractivity contribution in [1.29, 1.82) is 0 Å². The number of hydrogen-bond acceptors (Lipinski definition) is 3. The Morgan fingerprint density at radius 2 is 1.80 bits per heavy atom. The molecule has 2 rings (SSSR count). The molecule has 1 N–H and O–H groups in total. The van der Waals surface area contributed by atoms with Crippen LogP contribution in [0.2, 0.25) is 0 Å². The van der Waals surface area contributed by atoms with Gasteiger partial charge in [-0.3, -0.25) is 4.79 Å². The highest BCUT2D eigenvalue weighted by atomic mass is 16.5. The molecular weight excluding hydrogens is 254 g/mol. The Bertz CT molecular complexity index is 698. The molecule has 0 atom stereocenters. The van der Waals surface area contributed by atoms with Crippen LogP contribution in [-0.2, 0) is 4.74 Å². The Kier molecular flexibility index (Phi) is 3.93. The second kappa shape index (κ2) is 5.49. The molecule has 4 nitrogen and oxygen atoms in total. The van der Waals surface area contributed by atoms with Gasteiger partial charge in [0.25, 0.3) is 5.56 Å². The highest BCUT2D eigenvalue weighted by molar-refractivity contribution is 6.04. The minimum atomic E-state index is -0.439. The van der Waals surface area contributed by atoms with E-state index < -0.39 is 5.97 Å². The summed E-state index contributed by atoms with van der Waals surface area (Å²) in [5.74, 6) is -0.496. The first-order chi connectivity index (χ1) is 9.41. The number of fused-ring (bicyclic) bond motifs is 1. The van der Waals surface area contributed by atoms with E-state index in [1.165, 1.54) is 0 Å². The van der Waals surface area contributed by atoms with Crippen LogP contribution in [0.4, 0.5) is 0 Å². The van der Waals surface area contributed by atoms with Gasteiger partial charge in [0.05, 0.1) is 11.7 Å². The van der Waals surface area contributed by atoms with Gasteiger partial charge in [-0.05, 0) is 25.8 Å². The Morgan fingerprint density at radius 3 is 2.40 bits per heavy atom. The second-order valence-corrected chi connectivity index (χ2v) is 5.40. The zero-order chi connectivity index (χ0) is 14.9. The summed E-state index contributed by atoms with van der Waals surface area (Å²) >= 11 is 0.